The topological polar surface area (TPSA) is 75.7 Å². The van der Waals surface area contributed by atoms with Crippen molar-refractivity contribution < 1.29 is 17.9 Å². The first-order valence-corrected chi connectivity index (χ1v) is 12.4. The van der Waals surface area contributed by atoms with Crippen molar-refractivity contribution >= 4 is 33.4 Å². The Kier molecular flexibility index (Phi) is 7.44. The number of hydrogen-bond acceptors (Lipinski definition) is 5. The maximum absolute atomic E-state index is 13.0. The smallest absolute Gasteiger partial charge is 0.243 e. The highest BCUT2D eigenvalue weighted by molar-refractivity contribution is 8.00. The number of ether oxygens (including phenoxy) is 1. The third-order valence-electron chi connectivity index (χ3n) is 5.10. The molecule has 1 aliphatic heterocycles. The molecule has 0 spiro atoms. The number of amides is 1. The molecule has 0 aromatic heterocycles. The van der Waals surface area contributed by atoms with Gasteiger partial charge in [-0.2, -0.15) is 4.31 Å². The van der Waals surface area contributed by atoms with Crippen molar-refractivity contribution in [2.45, 2.75) is 42.9 Å². The summed E-state index contributed by atoms with van der Waals surface area (Å²) < 4.78 is 32.8. The van der Waals surface area contributed by atoms with E-state index < -0.39 is 10.0 Å². The van der Waals surface area contributed by atoms with Crippen molar-refractivity contribution in [1.29, 1.82) is 0 Å². The summed E-state index contributed by atoms with van der Waals surface area (Å²) in [4.78, 5) is 13.8. The van der Waals surface area contributed by atoms with Crippen LogP contribution in [0.5, 0.6) is 5.75 Å². The Bertz CT molecular complexity index is 1020. The third kappa shape index (κ3) is 5.36. The van der Waals surface area contributed by atoms with E-state index in [0.717, 1.165) is 35.3 Å². The van der Waals surface area contributed by atoms with Crippen molar-refractivity contribution in [3.05, 3.63) is 47.5 Å². The van der Waals surface area contributed by atoms with Crippen LogP contribution in [0.2, 0.25) is 0 Å². The van der Waals surface area contributed by atoms with Crippen molar-refractivity contribution in [3.63, 3.8) is 0 Å². The molecule has 0 saturated carbocycles. The summed E-state index contributed by atoms with van der Waals surface area (Å²) in [6.07, 6.45) is 2.79. The van der Waals surface area contributed by atoms with E-state index in [4.69, 9.17) is 4.74 Å². The summed E-state index contributed by atoms with van der Waals surface area (Å²) in [5.74, 6) is 0.431. The van der Waals surface area contributed by atoms with Gasteiger partial charge in [-0.3, -0.25) is 4.79 Å². The molecule has 1 aliphatic rings. The van der Waals surface area contributed by atoms with Gasteiger partial charge in [0.1, 0.15) is 5.75 Å². The molecular formula is C22H28N2O4S2. The monoisotopic (exact) mass is 448 g/mol. The van der Waals surface area contributed by atoms with Gasteiger partial charge in [0.05, 0.1) is 23.4 Å². The van der Waals surface area contributed by atoms with Crippen molar-refractivity contribution in [2.24, 2.45) is 0 Å². The summed E-state index contributed by atoms with van der Waals surface area (Å²) >= 11 is 1.46. The summed E-state index contributed by atoms with van der Waals surface area (Å²) in [6, 6.07) is 10.7. The van der Waals surface area contributed by atoms with E-state index >= 15 is 0 Å². The van der Waals surface area contributed by atoms with E-state index in [-0.39, 0.29) is 16.6 Å². The zero-order chi connectivity index (χ0) is 21.7. The number of methoxy groups -OCH3 is 1. The molecule has 0 unspecified atom stereocenters. The van der Waals surface area contributed by atoms with Gasteiger partial charge in [0.15, 0.2) is 0 Å². The molecule has 0 bridgehead atoms. The lowest BCUT2D eigenvalue weighted by molar-refractivity contribution is -0.113. The van der Waals surface area contributed by atoms with E-state index in [1.165, 1.54) is 35.3 Å². The molecule has 1 N–H and O–H groups in total. The van der Waals surface area contributed by atoms with Crippen molar-refractivity contribution in [3.8, 4) is 5.75 Å². The van der Waals surface area contributed by atoms with Gasteiger partial charge in [0.2, 0.25) is 15.9 Å². The normalized spacial score (nSPS) is 15.0. The molecule has 3 rings (SSSR count). The molecule has 0 radical (unpaired) electrons. The van der Waals surface area contributed by atoms with Gasteiger partial charge in [0, 0.05) is 18.0 Å². The second kappa shape index (κ2) is 9.85. The lowest BCUT2D eigenvalue weighted by Gasteiger charge is -2.26. The van der Waals surface area contributed by atoms with Crippen molar-refractivity contribution in [1.82, 2.24) is 4.31 Å². The molecule has 6 nitrogen and oxygen atoms in total. The van der Waals surface area contributed by atoms with Crippen LogP contribution in [-0.2, 0) is 14.8 Å². The molecule has 162 valence electrons. The quantitative estimate of drug-likeness (QED) is 0.642. The number of nitrogens with one attached hydrogen (secondary N) is 1. The molecule has 0 aliphatic carbocycles. The van der Waals surface area contributed by atoms with Crippen molar-refractivity contribution in [2.75, 3.05) is 31.3 Å². The lowest BCUT2D eigenvalue weighted by atomic mass is 10.2. The van der Waals surface area contributed by atoms with E-state index in [9.17, 15) is 13.2 Å². The second-order valence-corrected chi connectivity index (χ2v) is 10.4. The molecule has 1 fully saturated rings. The Morgan fingerprint density at radius 3 is 2.53 bits per heavy atom. The Labute approximate surface area is 183 Å². The molecule has 1 saturated heterocycles. The Morgan fingerprint density at radius 2 is 1.83 bits per heavy atom. The Hall–Kier alpha value is -2.03. The van der Waals surface area contributed by atoms with Crippen LogP contribution in [0.4, 0.5) is 5.69 Å². The van der Waals surface area contributed by atoms with Crippen LogP contribution in [-0.4, -0.2) is 44.6 Å². The number of carbonyl (C=O) groups is 1. The largest absolute Gasteiger partial charge is 0.495 e. The fraction of sp³-hybridized carbons (Fsp3) is 0.409. The first-order valence-electron chi connectivity index (χ1n) is 9.99. The molecule has 1 amide bonds. The number of rotatable bonds is 7. The molecule has 2 aromatic rings. The van der Waals surface area contributed by atoms with Gasteiger partial charge in [-0.25, -0.2) is 8.42 Å². The highest BCUT2D eigenvalue weighted by atomic mass is 32.2. The summed E-state index contributed by atoms with van der Waals surface area (Å²) in [7, 11) is -2.09. The number of thioether (sulfide) groups is 1. The number of aryl methyl sites for hydroxylation is 2. The highest BCUT2D eigenvalue weighted by Gasteiger charge is 2.27. The minimum absolute atomic E-state index is 0.169. The van der Waals surface area contributed by atoms with Crippen LogP contribution in [0.3, 0.4) is 0 Å². The number of carbonyl (C=O) groups excluding carboxylic acids is 1. The van der Waals surface area contributed by atoms with E-state index in [0.29, 0.717) is 24.5 Å². The number of hydrogen-bond donors (Lipinski definition) is 1. The van der Waals surface area contributed by atoms with Gasteiger partial charge < -0.3 is 10.1 Å². The zero-order valence-corrected chi connectivity index (χ0v) is 19.2. The van der Waals surface area contributed by atoms with Gasteiger partial charge in [-0.15, -0.1) is 11.8 Å². The van der Waals surface area contributed by atoms with E-state index in [1.54, 1.807) is 6.07 Å². The lowest BCUT2D eigenvalue weighted by Crippen LogP contribution is -2.35. The minimum atomic E-state index is -3.59. The van der Waals surface area contributed by atoms with Crippen LogP contribution in [0.15, 0.2) is 46.2 Å². The summed E-state index contributed by atoms with van der Waals surface area (Å²) in [5, 5.41) is 2.81. The van der Waals surface area contributed by atoms with Gasteiger partial charge in [0.25, 0.3) is 0 Å². The Balaban J connectivity index is 1.75. The molecular weight excluding hydrogens is 420 g/mol. The maximum Gasteiger partial charge on any atom is 0.243 e. The molecule has 2 aromatic carbocycles. The number of benzene rings is 2. The summed E-state index contributed by atoms with van der Waals surface area (Å²) in [5.41, 5.74) is 2.62. The van der Waals surface area contributed by atoms with Gasteiger partial charge >= 0.3 is 0 Å². The number of sulfonamides is 1. The van der Waals surface area contributed by atoms with Crippen LogP contribution in [0, 0.1) is 13.8 Å². The Morgan fingerprint density at radius 1 is 1.10 bits per heavy atom. The van der Waals surface area contributed by atoms with E-state index in [2.05, 4.69) is 11.4 Å². The van der Waals surface area contributed by atoms with Gasteiger partial charge in [-0.05, 0) is 56.5 Å². The number of nitrogens with zero attached hydrogens (tertiary/aromatic N) is 1. The van der Waals surface area contributed by atoms with Crippen LogP contribution < -0.4 is 10.1 Å². The predicted molar refractivity (Wildman–Crippen MR) is 121 cm³/mol. The maximum atomic E-state index is 13.0. The third-order valence-corrected chi connectivity index (χ3v) is 8.15. The highest BCUT2D eigenvalue weighted by Crippen LogP contribution is 2.30. The SMILES string of the molecule is COc1ccc(S(=O)(=O)N2CCCCC2)cc1NC(=O)CSc1cc(C)ccc1C. The van der Waals surface area contributed by atoms with Crippen LogP contribution in [0.1, 0.15) is 30.4 Å². The first-order chi connectivity index (χ1) is 14.3. The molecule has 1 heterocycles. The van der Waals surface area contributed by atoms with E-state index in [1.807, 2.05) is 26.0 Å². The van der Waals surface area contributed by atoms with Crippen LogP contribution in [0.25, 0.3) is 0 Å². The molecule has 30 heavy (non-hydrogen) atoms. The minimum Gasteiger partial charge on any atom is -0.495 e. The molecule has 8 heteroatoms. The number of piperidine rings is 1. The second-order valence-electron chi connectivity index (χ2n) is 7.43. The number of anilines is 1. The van der Waals surface area contributed by atoms with Gasteiger partial charge in [-0.1, -0.05) is 24.1 Å². The fourth-order valence-electron chi connectivity index (χ4n) is 3.39. The zero-order valence-electron chi connectivity index (χ0n) is 17.6. The average Bonchev–Trinajstić information content (AvgIpc) is 2.75. The molecule has 0 atom stereocenters. The fourth-order valence-corrected chi connectivity index (χ4v) is 5.86. The average molecular weight is 449 g/mol. The standard InChI is InChI=1S/C22H28N2O4S2/c1-16-7-8-17(2)21(13-16)29-15-22(25)23-19-14-18(9-10-20(19)28-3)30(26,27)24-11-5-4-6-12-24/h7-10,13-14H,4-6,11-12,15H2,1-3H3,(H,23,25). The summed E-state index contributed by atoms with van der Waals surface area (Å²) in [6.45, 7) is 5.09. The first kappa shape index (κ1) is 22.7. The predicted octanol–water partition coefficient (Wildman–Crippen LogP) is 4.22. The van der Waals surface area contributed by atoms with Crippen LogP contribution >= 0.6 is 11.8 Å².